The average Bonchev–Trinajstić information content (AvgIpc) is 3.27. The maximum Gasteiger partial charge on any atom is 0.452 e. The molecule has 3 aromatic rings. The molecule has 0 aliphatic rings. The molecule has 0 radical (unpaired) electrons. The van der Waals surface area contributed by atoms with E-state index in [4.69, 9.17) is 0 Å². The lowest BCUT2D eigenvalue weighted by molar-refractivity contribution is -0.155. The maximum atomic E-state index is 12.7. The van der Waals surface area contributed by atoms with Crippen LogP contribution in [-0.4, -0.2) is 20.1 Å². The fourth-order valence-electron chi connectivity index (χ4n) is 2.60. The number of benzene rings is 1. The molecule has 1 atom stereocenters. The summed E-state index contributed by atoms with van der Waals surface area (Å²) < 4.78 is 70.2. The topological polar surface area (TPSA) is 72.2 Å². The van der Waals surface area contributed by atoms with E-state index in [9.17, 15) is 21.6 Å². The van der Waals surface area contributed by atoms with Gasteiger partial charge in [0, 0.05) is 17.5 Å². The standard InChI is InChI=1S/C18H17F3N2O3S2/c1-11(13-6-4-3-5-7-13)10-22-28(24,25)16-9-15(27-12(16)2)14-8-17(26-23-14)18(19,20)21/h3-9,11,22H,10H2,1-2H3. The third-order valence-electron chi connectivity index (χ3n) is 4.15. The highest BCUT2D eigenvalue weighted by molar-refractivity contribution is 7.89. The zero-order valence-electron chi connectivity index (χ0n) is 14.9. The summed E-state index contributed by atoms with van der Waals surface area (Å²) in [5.74, 6) is -1.27. The molecule has 1 unspecified atom stereocenters. The van der Waals surface area contributed by atoms with E-state index in [1.807, 2.05) is 37.3 Å². The van der Waals surface area contributed by atoms with Gasteiger partial charge in [-0.2, -0.15) is 13.2 Å². The van der Waals surface area contributed by atoms with Crippen LogP contribution in [0, 0.1) is 6.92 Å². The Bertz CT molecular complexity index is 1060. The number of nitrogens with zero attached hydrogens (tertiary/aromatic N) is 1. The Hall–Kier alpha value is -2.17. The summed E-state index contributed by atoms with van der Waals surface area (Å²) in [6.45, 7) is 3.69. The van der Waals surface area contributed by atoms with Crippen molar-refractivity contribution in [3.8, 4) is 10.6 Å². The third-order valence-corrected chi connectivity index (χ3v) is 6.90. The minimum Gasteiger partial charge on any atom is -0.351 e. The molecule has 1 N–H and O–H groups in total. The van der Waals surface area contributed by atoms with Crippen molar-refractivity contribution in [1.29, 1.82) is 0 Å². The Labute approximate surface area is 164 Å². The number of aryl methyl sites for hydroxylation is 1. The van der Waals surface area contributed by atoms with E-state index in [0.717, 1.165) is 23.0 Å². The molecule has 0 fully saturated rings. The van der Waals surface area contributed by atoms with Crippen LogP contribution in [-0.2, 0) is 16.2 Å². The predicted molar refractivity (Wildman–Crippen MR) is 99.6 cm³/mol. The number of rotatable bonds is 6. The normalized spacial score (nSPS) is 13.6. The Morgan fingerprint density at radius 2 is 1.89 bits per heavy atom. The van der Waals surface area contributed by atoms with Crippen LogP contribution in [0.4, 0.5) is 13.2 Å². The van der Waals surface area contributed by atoms with Crippen LogP contribution in [0.1, 0.15) is 29.0 Å². The second-order valence-electron chi connectivity index (χ2n) is 6.27. The fraction of sp³-hybridized carbons (Fsp3) is 0.278. The van der Waals surface area contributed by atoms with Crippen LogP contribution in [0.25, 0.3) is 10.6 Å². The molecule has 1 aromatic carbocycles. The Morgan fingerprint density at radius 3 is 2.50 bits per heavy atom. The molecule has 0 saturated heterocycles. The third kappa shape index (κ3) is 4.45. The number of sulfonamides is 1. The van der Waals surface area contributed by atoms with Gasteiger partial charge in [0.25, 0.3) is 0 Å². The van der Waals surface area contributed by atoms with Gasteiger partial charge in [-0.05, 0) is 24.5 Å². The summed E-state index contributed by atoms with van der Waals surface area (Å²) in [6, 6.07) is 11.5. The van der Waals surface area contributed by atoms with Gasteiger partial charge in [0.05, 0.1) is 9.77 Å². The lowest BCUT2D eigenvalue weighted by atomic mass is 10.0. The van der Waals surface area contributed by atoms with Gasteiger partial charge in [-0.25, -0.2) is 13.1 Å². The zero-order valence-corrected chi connectivity index (χ0v) is 16.6. The SMILES string of the molecule is Cc1sc(-c2cc(C(F)(F)F)on2)cc1S(=O)(=O)NCC(C)c1ccccc1. The molecular formula is C18H17F3N2O3S2. The minimum absolute atomic E-state index is 0.0179. The number of hydrogen-bond acceptors (Lipinski definition) is 5. The van der Waals surface area contributed by atoms with Crippen LogP contribution in [0.15, 0.2) is 51.9 Å². The van der Waals surface area contributed by atoms with E-state index in [2.05, 4.69) is 14.4 Å². The van der Waals surface area contributed by atoms with Crippen LogP contribution < -0.4 is 4.72 Å². The monoisotopic (exact) mass is 430 g/mol. The number of nitrogens with one attached hydrogen (secondary N) is 1. The number of aromatic nitrogens is 1. The predicted octanol–water partition coefficient (Wildman–Crippen LogP) is 4.81. The van der Waals surface area contributed by atoms with Gasteiger partial charge < -0.3 is 4.52 Å². The average molecular weight is 430 g/mol. The molecular weight excluding hydrogens is 413 g/mol. The first-order valence-electron chi connectivity index (χ1n) is 8.27. The van der Waals surface area contributed by atoms with Gasteiger partial charge in [-0.1, -0.05) is 42.4 Å². The van der Waals surface area contributed by atoms with Crippen molar-refractivity contribution in [3.63, 3.8) is 0 Å². The van der Waals surface area contributed by atoms with Crippen LogP contribution in [0.5, 0.6) is 0 Å². The van der Waals surface area contributed by atoms with Crippen molar-refractivity contribution in [2.24, 2.45) is 0 Å². The van der Waals surface area contributed by atoms with E-state index in [-0.39, 0.29) is 27.9 Å². The second kappa shape index (κ2) is 7.69. The van der Waals surface area contributed by atoms with Crippen LogP contribution in [0.2, 0.25) is 0 Å². The van der Waals surface area contributed by atoms with Gasteiger partial charge >= 0.3 is 6.18 Å². The van der Waals surface area contributed by atoms with Crippen molar-refractivity contribution in [2.45, 2.75) is 30.8 Å². The summed E-state index contributed by atoms with van der Waals surface area (Å²) >= 11 is 1.04. The van der Waals surface area contributed by atoms with E-state index >= 15 is 0 Å². The molecule has 0 spiro atoms. The van der Waals surface area contributed by atoms with E-state index < -0.39 is 22.0 Å². The quantitative estimate of drug-likeness (QED) is 0.609. The van der Waals surface area contributed by atoms with Crippen molar-refractivity contribution >= 4 is 21.4 Å². The maximum absolute atomic E-state index is 12.7. The molecule has 28 heavy (non-hydrogen) atoms. The Balaban J connectivity index is 1.78. The highest BCUT2D eigenvalue weighted by Crippen LogP contribution is 2.36. The number of thiophene rings is 1. The summed E-state index contributed by atoms with van der Waals surface area (Å²) in [4.78, 5) is 0.754. The molecule has 5 nitrogen and oxygen atoms in total. The minimum atomic E-state index is -4.65. The van der Waals surface area contributed by atoms with Crippen molar-refractivity contribution < 1.29 is 26.1 Å². The first kappa shape index (κ1) is 20.6. The van der Waals surface area contributed by atoms with Gasteiger partial charge in [-0.3, -0.25) is 0 Å². The molecule has 150 valence electrons. The molecule has 0 saturated carbocycles. The van der Waals surface area contributed by atoms with Gasteiger partial charge in [0.15, 0.2) is 0 Å². The molecule has 3 rings (SSSR count). The Morgan fingerprint density at radius 1 is 1.21 bits per heavy atom. The Kier molecular flexibility index (Phi) is 5.64. The van der Waals surface area contributed by atoms with Crippen LogP contribution in [0.3, 0.4) is 0 Å². The number of hydrogen-bond donors (Lipinski definition) is 1. The van der Waals surface area contributed by atoms with Crippen molar-refractivity contribution in [1.82, 2.24) is 9.88 Å². The van der Waals surface area contributed by atoms with E-state index in [0.29, 0.717) is 4.88 Å². The summed E-state index contributed by atoms with van der Waals surface area (Å²) in [5.41, 5.74) is 0.940. The molecule has 0 amide bonds. The molecule has 0 aliphatic heterocycles. The lowest BCUT2D eigenvalue weighted by Gasteiger charge is -2.13. The summed E-state index contributed by atoms with van der Waals surface area (Å²) in [5, 5.41) is 3.40. The second-order valence-corrected chi connectivity index (χ2v) is 9.26. The highest BCUT2D eigenvalue weighted by Gasteiger charge is 2.36. The van der Waals surface area contributed by atoms with E-state index in [1.165, 1.54) is 6.07 Å². The van der Waals surface area contributed by atoms with Gasteiger partial charge in [-0.15, -0.1) is 11.3 Å². The fourth-order valence-corrected chi connectivity index (χ4v) is 5.27. The molecule has 10 heteroatoms. The van der Waals surface area contributed by atoms with Gasteiger partial charge in [0.1, 0.15) is 5.69 Å². The largest absolute Gasteiger partial charge is 0.452 e. The van der Waals surface area contributed by atoms with Crippen molar-refractivity contribution in [3.05, 3.63) is 58.7 Å². The number of halogens is 3. The summed E-state index contributed by atoms with van der Waals surface area (Å²) in [6.07, 6.45) is -4.65. The summed E-state index contributed by atoms with van der Waals surface area (Å²) in [7, 11) is -3.82. The number of alkyl halides is 3. The lowest BCUT2D eigenvalue weighted by Crippen LogP contribution is -2.27. The zero-order chi connectivity index (χ0) is 20.5. The molecule has 2 heterocycles. The first-order valence-corrected chi connectivity index (χ1v) is 10.6. The first-order chi connectivity index (χ1) is 13.1. The molecule has 2 aromatic heterocycles. The molecule has 0 aliphatic carbocycles. The van der Waals surface area contributed by atoms with Crippen molar-refractivity contribution in [2.75, 3.05) is 6.54 Å². The smallest absolute Gasteiger partial charge is 0.351 e. The van der Waals surface area contributed by atoms with Gasteiger partial charge in [0.2, 0.25) is 15.8 Å². The highest BCUT2D eigenvalue weighted by atomic mass is 32.2. The van der Waals surface area contributed by atoms with E-state index in [1.54, 1.807) is 6.92 Å². The molecule has 0 bridgehead atoms. The van der Waals surface area contributed by atoms with Crippen LogP contribution >= 0.6 is 11.3 Å².